The van der Waals surface area contributed by atoms with Crippen molar-refractivity contribution in [3.63, 3.8) is 0 Å². The molecule has 0 aliphatic carbocycles. The Morgan fingerprint density at radius 3 is 2.50 bits per heavy atom. The Labute approximate surface area is 142 Å². The zero-order valence-corrected chi connectivity index (χ0v) is 16.2. The summed E-state index contributed by atoms with van der Waals surface area (Å²) >= 11 is 0. The van der Waals surface area contributed by atoms with Gasteiger partial charge in [-0.05, 0) is 18.1 Å². The van der Waals surface area contributed by atoms with Gasteiger partial charge >= 0.3 is 5.69 Å². The zero-order chi connectivity index (χ0) is 18.3. The van der Waals surface area contributed by atoms with Crippen molar-refractivity contribution in [1.29, 1.82) is 0 Å². The third-order valence-electron chi connectivity index (χ3n) is 5.19. The van der Waals surface area contributed by atoms with Gasteiger partial charge < -0.3 is 14.3 Å². The van der Waals surface area contributed by atoms with Crippen LogP contribution in [0.25, 0.3) is 0 Å². The van der Waals surface area contributed by atoms with Crippen LogP contribution < -0.4 is 11.2 Å². The molecule has 1 aliphatic rings. The van der Waals surface area contributed by atoms with E-state index in [0.717, 1.165) is 0 Å². The van der Waals surface area contributed by atoms with Crippen LogP contribution >= 0.6 is 0 Å². The van der Waals surface area contributed by atoms with Crippen LogP contribution in [-0.4, -0.2) is 41.8 Å². The molecular weight excluding hydrogens is 328 g/mol. The highest BCUT2D eigenvalue weighted by Crippen LogP contribution is 2.42. The van der Waals surface area contributed by atoms with Gasteiger partial charge in [0.15, 0.2) is 8.32 Å². The maximum Gasteiger partial charge on any atom is 0.330 e. The lowest BCUT2D eigenvalue weighted by Crippen LogP contribution is -2.48. The maximum atomic E-state index is 12.1. The van der Waals surface area contributed by atoms with Gasteiger partial charge in [-0.25, -0.2) is 4.79 Å². The Bertz CT molecular complexity index is 691. The van der Waals surface area contributed by atoms with E-state index in [-0.39, 0.29) is 23.7 Å². The number of nitrogens with zero attached hydrogens (tertiary/aromatic N) is 1. The Morgan fingerprint density at radius 1 is 1.38 bits per heavy atom. The van der Waals surface area contributed by atoms with Crippen LogP contribution in [0.3, 0.4) is 0 Å². The van der Waals surface area contributed by atoms with Crippen LogP contribution in [0.5, 0.6) is 0 Å². The summed E-state index contributed by atoms with van der Waals surface area (Å²) in [5.41, 5.74) is -0.973. The predicted molar refractivity (Wildman–Crippen MR) is 93.6 cm³/mol. The first-order chi connectivity index (χ1) is 11.0. The quantitative estimate of drug-likeness (QED) is 0.797. The molecule has 0 amide bonds. The molecule has 0 bridgehead atoms. The summed E-state index contributed by atoms with van der Waals surface area (Å²) in [7, 11) is -2.06. The standard InChI is InChI=1S/C16H28N2O5Si/c1-10-13(23-24(5,6)16(2,3)4)11(9-19)22-14(10)18-8-7-12(20)17-15(18)21/h7-8,10-11,13-14,19H,9H2,1-6H3,(H,17,20,21)/t10-,11+,13?,14+/m0/s1. The zero-order valence-electron chi connectivity index (χ0n) is 15.2. The van der Waals surface area contributed by atoms with Gasteiger partial charge in [0.1, 0.15) is 12.3 Å². The van der Waals surface area contributed by atoms with Crippen LogP contribution in [0.4, 0.5) is 0 Å². The molecule has 8 heteroatoms. The largest absolute Gasteiger partial charge is 0.411 e. The summed E-state index contributed by atoms with van der Waals surface area (Å²) in [6.07, 6.45) is 0.0322. The number of aliphatic hydroxyl groups excluding tert-OH is 1. The highest BCUT2D eigenvalue weighted by molar-refractivity contribution is 6.74. The van der Waals surface area contributed by atoms with E-state index in [1.54, 1.807) is 0 Å². The fourth-order valence-electron chi connectivity index (χ4n) is 2.68. The van der Waals surface area contributed by atoms with Crippen molar-refractivity contribution < 1.29 is 14.3 Å². The van der Waals surface area contributed by atoms with Crippen molar-refractivity contribution in [2.24, 2.45) is 5.92 Å². The fraction of sp³-hybridized carbons (Fsp3) is 0.750. The highest BCUT2D eigenvalue weighted by atomic mass is 28.4. The average Bonchev–Trinajstić information content (AvgIpc) is 2.74. The van der Waals surface area contributed by atoms with Crippen molar-refractivity contribution >= 4 is 8.32 Å². The van der Waals surface area contributed by atoms with Crippen LogP contribution in [0.2, 0.25) is 18.1 Å². The van der Waals surface area contributed by atoms with E-state index in [1.165, 1.54) is 16.8 Å². The number of nitrogens with one attached hydrogen (secondary N) is 1. The minimum Gasteiger partial charge on any atom is -0.411 e. The molecule has 2 N–H and O–H groups in total. The smallest absolute Gasteiger partial charge is 0.330 e. The minimum absolute atomic E-state index is 0.0274. The summed E-state index contributed by atoms with van der Waals surface area (Å²) < 4.78 is 13.7. The SMILES string of the molecule is C[C@H]1C(O[Si](C)(C)C(C)(C)C)[C@@H](CO)O[C@H]1n1ccc(=O)[nH]c1=O. The summed E-state index contributed by atoms with van der Waals surface area (Å²) in [4.78, 5) is 25.5. The summed E-state index contributed by atoms with van der Waals surface area (Å²) in [5, 5.41) is 9.72. The van der Waals surface area contributed by atoms with Gasteiger partial charge in [-0.2, -0.15) is 0 Å². The molecule has 136 valence electrons. The molecule has 2 rings (SSSR count). The molecule has 1 unspecified atom stereocenters. The second-order valence-electron chi connectivity index (χ2n) is 7.97. The van der Waals surface area contributed by atoms with Gasteiger partial charge in [-0.3, -0.25) is 14.3 Å². The molecule has 2 heterocycles. The monoisotopic (exact) mass is 356 g/mol. The van der Waals surface area contributed by atoms with E-state index >= 15 is 0 Å². The van der Waals surface area contributed by atoms with Crippen molar-refractivity contribution in [2.75, 3.05) is 6.61 Å². The lowest BCUT2D eigenvalue weighted by atomic mass is 10.0. The molecule has 0 spiro atoms. The van der Waals surface area contributed by atoms with Crippen molar-refractivity contribution in [1.82, 2.24) is 9.55 Å². The topological polar surface area (TPSA) is 93.5 Å². The first-order valence-electron chi connectivity index (χ1n) is 8.23. The number of aromatic nitrogens is 2. The Kier molecular flexibility index (Phi) is 5.24. The predicted octanol–water partition coefficient (Wildman–Crippen LogP) is 1.45. The van der Waals surface area contributed by atoms with E-state index in [1.807, 2.05) is 6.92 Å². The molecule has 0 saturated carbocycles. The lowest BCUT2D eigenvalue weighted by Gasteiger charge is -2.40. The minimum atomic E-state index is -2.06. The Hall–Kier alpha value is -1.22. The second kappa shape index (κ2) is 6.59. The molecule has 7 nitrogen and oxygen atoms in total. The molecule has 1 aliphatic heterocycles. The number of H-pyrrole nitrogens is 1. The molecule has 24 heavy (non-hydrogen) atoms. The number of hydrogen-bond acceptors (Lipinski definition) is 5. The van der Waals surface area contributed by atoms with Crippen LogP contribution in [0.15, 0.2) is 21.9 Å². The number of ether oxygens (including phenoxy) is 1. The van der Waals surface area contributed by atoms with E-state index in [9.17, 15) is 14.7 Å². The lowest BCUT2D eigenvalue weighted by molar-refractivity contribution is -0.0461. The van der Waals surface area contributed by atoms with E-state index < -0.39 is 31.9 Å². The summed E-state index contributed by atoms with van der Waals surface area (Å²) in [5.74, 6) is -0.139. The van der Waals surface area contributed by atoms with Gasteiger partial charge in [0, 0.05) is 18.2 Å². The van der Waals surface area contributed by atoms with Gasteiger partial charge in [0.05, 0.1) is 12.7 Å². The van der Waals surface area contributed by atoms with E-state index in [4.69, 9.17) is 9.16 Å². The fourth-order valence-corrected chi connectivity index (χ4v) is 4.08. The van der Waals surface area contributed by atoms with Crippen molar-refractivity contribution in [3.8, 4) is 0 Å². The third kappa shape index (κ3) is 3.56. The van der Waals surface area contributed by atoms with E-state index in [2.05, 4.69) is 38.8 Å². The third-order valence-corrected chi connectivity index (χ3v) is 9.66. The molecule has 1 fully saturated rings. The molecule has 1 aromatic heterocycles. The number of aromatic amines is 1. The van der Waals surface area contributed by atoms with E-state index in [0.29, 0.717) is 0 Å². The first-order valence-corrected chi connectivity index (χ1v) is 11.1. The van der Waals surface area contributed by atoms with Crippen LogP contribution in [0, 0.1) is 5.92 Å². The van der Waals surface area contributed by atoms with Gasteiger partial charge in [0.2, 0.25) is 0 Å². The second-order valence-corrected chi connectivity index (χ2v) is 12.7. The van der Waals surface area contributed by atoms with Crippen molar-refractivity contribution in [2.45, 2.75) is 64.3 Å². The Balaban J connectivity index is 2.31. The molecule has 0 aromatic carbocycles. The average molecular weight is 356 g/mol. The van der Waals surface area contributed by atoms with Crippen LogP contribution in [0.1, 0.15) is 33.9 Å². The van der Waals surface area contributed by atoms with Gasteiger partial charge in [-0.15, -0.1) is 0 Å². The molecule has 1 saturated heterocycles. The number of hydrogen-bond donors (Lipinski definition) is 2. The molecule has 4 atom stereocenters. The van der Waals surface area contributed by atoms with Gasteiger partial charge in [-0.1, -0.05) is 27.7 Å². The molecular formula is C16H28N2O5Si. The van der Waals surface area contributed by atoms with Gasteiger partial charge in [0.25, 0.3) is 5.56 Å². The number of rotatable bonds is 4. The highest BCUT2D eigenvalue weighted by Gasteiger charge is 2.48. The molecule has 1 aromatic rings. The van der Waals surface area contributed by atoms with Crippen LogP contribution in [-0.2, 0) is 9.16 Å². The first kappa shape index (κ1) is 19.1. The Morgan fingerprint density at radius 2 is 2.00 bits per heavy atom. The maximum absolute atomic E-state index is 12.1. The molecule has 0 radical (unpaired) electrons. The summed E-state index contributed by atoms with van der Waals surface area (Å²) in [6, 6.07) is 1.29. The summed E-state index contributed by atoms with van der Waals surface area (Å²) in [6.45, 7) is 12.5. The normalized spacial score (nSPS) is 28.3. The number of aliphatic hydroxyl groups is 1. The van der Waals surface area contributed by atoms with Crippen molar-refractivity contribution in [3.05, 3.63) is 33.1 Å².